The zero-order chi connectivity index (χ0) is 16.5. The fourth-order valence-electron chi connectivity index (χ4n) is 2.49. The monoisotopic (exact) mass is 302 g/mol. The van der Waals surface area contributed by atoms with Crippen molar-refractivity contribution in [1.29, 1.82) is 0 Å². The predicted molar refractivity (Wildman–Crippen MR) is 90.4 cm³/mol. The third-order valence-electron chi connectivity index (χ3n) is 3.82. The number of benzene rings is 1. The summed E-state index contributed by atoms with van der Waals surface area (Å²) in [6, 6.07) is 8.13. The molecule has 1 atom stereocenters. The molecule has 0 unspecified atom stereocenters. The maximum Gasteiger partial charge on any atom is 0.374 e. The summed E-state index contributed by atoms with van der Waals surface area (Å²) in [6.07, 6.45) is -0.150. The summed E-state index contributed by atoms with van der Waals surface area (Å²) >= 11 is 0. The van der Waals surface area contributed by atoms with E-state index in [4.69, 9.17) is 4.74 Å². The molecule has 22 heavy (non-hydrogen) atoms. The summed E-state index contributed by atoms with van der Waals surface area (Å²) in [5.74, 6) is 0.0768. The standard InChI is InChI=1S/C18H26N2O2/c1-12(2)22-17(21)16-19-15(18(4,5)6)11-20(16)14-10-8-7-9-13(14)3/h7-10,12,15H,11H2,1-6H3/t15-/m1/s1. The second-order valence-electron chi connectivity index (χ2n) is 7.19. The summed E-state index contributed by atoms with van der Waals surface area (Å²) in [5.41, 5.74) is 2.15. The lowest BCUT2D eigenvalue weighted by molar-refractivity contribution is -0.139. The molecule has 0 fully saturated rings. The van der Waals surface area contributed by atoms with Crippen molar-refractivity contribution in [2.75, 3.05) is 11.4 Å². The number of esters is 1. The Morgan fingerprint density at radius 1 is 1.32 bits per heavy atom. The van der Waals surface area contributed by atoms with E-state index in [1.807, 2.05) is 49.9 Å². The van der Waals surface area contributed by atoms with E-state index in [0.717, 1.165) is 11.3 Å². The molecule has 0 amide bonds. The number of rotatable bonds is 3. The molecule has 0 saturated heterocycles. The molecule has 0 aromatic heterocycles. The smallest absolute Gasteiger partial charge is 0.374 e. The first-order valence-electron chi connectivity index (χ1n) is 7.82. The highest BCUT2D eigenvalue weighted by atomic mass is 16.5. The average Bonchev–Trinajstić information content (AvgIpc) is 2.83. The molecule has 1 aromatic carbocycles. The highest BCUT2D eigenvalue weighted by Gasteiger charge is 2.38. The van der Waals surface area contributed by atoms with Crippen molar-refractivity contribution < 1.29 is 9.53 Å². The highest BCUT2D eigenvalue weighted by molar-refractivity contribution is 6.41. The lowest BCUT2D eigenvalue weighted by atomic mass is 9.87. The van der Waals surface area contributed by atoms with Gasteiger partial charge < -0.3 is 9.64 Å². The van der Waals surface area contributed by atoms with Crippen LogP contribution in [0, 0.1) is 12.3 Å². The van der Waals surface area contributed by atoms with Gasteiger partial charge in [0.25, 0.3) is 0 Å². The van der Waals surface area contributed by atoms with Gasteiger partial charge in [-0.05, 0) is 37.8 Å². The molecule has 0 bridgehead atoms. The molecule has 1 heterocycles. The molecule has 4 nitrogen and oxygen atoms in total. The molecule has 0 saturated carbocycles. The summed E-state index contributed by atoms with van der Waals surface area (Å²) in [4.78, 5) is 19.1. The molecule has 1 aliphatic heterocycles. The molecule has 120 valence electrons. The van der Waals surface area contributed by atoms with Gasteiger partial charge >= 0.3 is 5.97 Å². The van der Waals surface area contributed by atoms with Crippen molar-refractivity contribution >= 4 is 17.5 Å². The number of carbonyl (C=O) groups excluding carboxylic acids is 1. The van der Waals surface area contributed by atoms with Crippen LogP contribution in [-0.4, -0.2) is 30.5 Å². The van der Waals surface area contributed by atoms with E-state index in [2.05, 4.69) is 25.8 Å². The molecule has 0 aliphatic carbocycles. The molecular formula is C18H26N2O2. The predicted octanol–water partition coefficient (Wildman–Crippen LogP) is 3.58. The maximum atomic E-state index is 12.4. The van der Waals surface area contributed by atoms with Gasteiger partial charge in [0.2, 0.25) is 5.84 Å². The molecule has 0 radical (unpaired) electrons. The molecule has 4 heteroatoms. The lowest BCUT2D eigenvalue weighted by Crippen LogP contribution is -2.38. The van der Waals surface area contributed by atoms with Gasteiger partial charge in [0.05, 0.1) is 12.1 Å². The Hall–Kier alpha value is -1.84. The fraction of sp³-hybridized carbons (Fsp3) is 0.556. The van der Waals surface area contributed by atoms with Crippen LogP contribution in [0.4, 0.5) is 5.69 Å². The lowest BCUT2D eigenvalue weighted by Gasteiger charge is -2.27. The van der Waals surface area contributed by atoms with E-state index in [1.54, 1.807) is 0 Å². The quantitative estimate of drug-likeness (QED) is 0.801. The van der Waals surface area contributed by atoms with Crippen LogP contribution < -0.4 is 4.90 Å². The third kappa shape index (κ3) is 3.49. The SMILES string of the molecule is Cc1ccccc1N1C[C@H](C(C)(C)C)N=C1C(=O)OC(C)C. The van der Waals surface area contributed by atoms with Crippen molar-refractivity contribution in [3.63, 3.8) is 0 Å². The van der Waals surface area contributed by atoms with Gasteiger partial charge in [0.1, 0.15) is 0 Å². The number of hydrogen-bond donors (Lipinski definition) is 0. The van der Waals surface area contributed by atoms with Crippen LogP contribution >= 0.6 is 0 Å². The van der Waals surface area contributed by atoms with Crippen LogP contribution in [-0.2, 0) is 9.53 Å². The number of anilines is 1. The van der Waals surface area contributed by atoms with Gasteiger partial charge in [-0.25, -0.2) is 4.79 Å². The number of aliphatic imine (C=N–C) groups is 1. The summed E-state index contributed by atoms with van der Waals surface area (Å²) in [7, 11) is 0. The van der Waals surface area contributed by atoms with Crippen molar-refractivity contribution in [1.82, 2.24) is 0 Å². The van der Waals surface area contributed by atoms with Gasteiger partial charge in [0, 0.05) is 12.2 Å². The second-order valence-corrected chi connectivity index (χ2v) is 7.19. The van der Waals surface area contributed by atoms with Crippen LogP contribution in [0.2, 0.25) is 0 Å². The van der Waals surface area contributed by atoms with Gasteiger partial charge in [0.15, 0.2) is 0 Å². The van der Waals surface area contributed by atoms with Crippen LogP contribution in [0.3, 0.4) is 0 Å². The Balaban J connectivity index is 2.38. The summed E-state index contributed by atoms with van der Waals surface area (Å²) in [6.45, 7) is 12.9. The van der Waals surface area contributed by atoms with Crippen LogP contribution in [0.1, 0.15) is 40.2 Å². The second kappa shape index (κ2) is 6.11. The number of para-hydroxylation sites is 1. The third-order valence-corrected chi connectivity index (χ3v) is 3.82. The normalized spacial score (nSPS) is 18.6. The zero-order valence-electron chi connectivity index (χ0n) is 14.4. The molecule has 0 spiro atoms. The van der Waals surface area contributed by atoms with E-state index in [0.29, 0.717) is 12.4 Å². The van der Waals surface area contributed by atoms with Crippen molar-refractivity contribution in [3.05, 3.63) is 29.8 Å². The van der Waals surface area contributed by atoms with E-state index in [1.165, 1.54) is 0 Å². The number of nitrogens with zero attached hydrogens (tertiary/aromatic N) is 2. The molecule has 1 aliphatic rings. The van der Waals surface area contributed by atoms with Crippen LogP contribution in [0.5, 0.6) is 0 Å². The molecule has 2 rings (SSSR count). The van der Waals surface area contributed by atoms with Gasteiger partial charge in [-0.15, -0.1) is 0 Å². The van der Waals surface area contributed by atoms with Gasteiger partial charge in [-0.1, -0.05) is 39.0 Å². The Morgan fingerprint density at radius 2 is 1.95 bits per heavy atom. The van der Waals surface area contributed by atoms with Crippen molar-refractivity contribution in [2.24, 2.45) is 10.4 Å². The topological polar surface area (TPSA) is 41.9 Å². The van der Waals surface area contributed by atoms with E-state index in [-0.39, 0.29) is 23.5 Å². The van der Waals surface area contributed by atoms with Crippen LogP contribution in [0.15, 0.2) is 29.3 Å². The van der Waals surface area contributed by atoms with Gasteiger partial charge in [-0.2, -0.15) is 0 Å². The Bertz CT molecular complexity index is 585. The number of amidine groups is 1. The van der Waals surface area contributed by atoms with E-state index >= 15 is 0 Å². The number of hydrogen-bond acceptors (Lipinski definition) is 4. The molecule has 1 aromatic rings. The Labute approximate surface area is 133 Å². The summed E-state index contributed by atoms with van der Waals surface area (Å²) in [5, 5.41) is 0. The van der Waals surface area contributed by atoms with E-state index < -0.39 is 0 Å². The van der Waals surface area contributed by atoms with Crippen molar-refractivity contribution in [2.45, 2.75) is 53.7 Å². The van der Waals surface area contributed by atoms with E-state index in [9.17, 15) is 4.79 Å². The highest BCUT2D eigenvalue weighted by Crippen LogP contribution is 2.31. The minimum atomic E-state index is -0.343. The Kier molecular flexibility index (Phi) is 4.59. The average molecular weight is 302 g/mol. The molecular weight excluding hydrogens is 276 g/mol. The van der Waals surface area contributed by atoms with Crippen molar-refractivity contribution in [3.8, 4) is 0 Å². The first kappa shape index (κ1) is 16.5. The largest absolute Gasteiger partial charge is 0.457 e. The summed E-state index contributed by atoms with van der Waals surface area (Å²) < 4.78 is 5.38. The maximum absolute atomic E-state index is 12.4. The first-order chi connectivity index (χ1) is 10.2. The number of aryl methyl sites for hydroxylation is 1. The minimum Gasteiger partial charge on any atom is -0.457 e. The zero-order valence-corrected chi connectivity index (χ0v) is 14.4. The minimum absolute atomic E-state index is 0.000790. The number of ether oxygens (including phenoxy) is 1. The fourth-order valence-corrected chi connectivity index (χ4v) is 2.49. The first-order valence-corrected chi connectivity index (χ1v) is 7.82. The van der Waals surface area contributed by atoms with Gasteiger partial charge in [-0.3, -0.25) is 4.99 Å². The Morgan fingerprint density at radius 3 is 2.50 bits per heavy atom. The number of carbonyl (C=O) groups is 1. The molecule has 0 N–H and O–H groups in total. The van der Waals surface area contributed by atoms with Crippen LogP contribution in [0.25, 0.3) is 0 Å².